The Balaban J connectivity index is 2.12. The third kappa shape index (κ3) is 2.98. The lowest BCUT2D eigenvalue weighted by molar-refractivity contribution is -0.123. The van der Waals surface area contributed by atoms with Gasteiger partial charge in [0.25, 0.3) is 0 Å². The van der Waals surface area contributed by atoms with E-state index >= 15 is 0 Å². The molecule has 1 atom stereocenters. The lowest BCUT2D eigenvalue weighted by Gasteiger charge is -2.19. The summed E-state index contributed by atoms with van der Waals surface area (Å²) < 4.78 is 0. The minimum atomic E-state index is -0.260. The first-order chi connectivity index (χ1) is 8.98. The highest BCUT2D eigenvalue weighted by Gasteiger charge is 2.51. The Morgan fingerprint density at radius 3 is 2.32 bits per heavy atom. The van der Waals surface area contributed by atoms with Gasteiger partial charge in [-0.2, -0.15) is 0 Å². The van der Waals surface area contributed by atoms with E-state index in [1.807, 2.05) is 7.05 Å². The van der Waals surface area contributed by atoms with E-state index < -0.39 is 0 Å². The van der Waals surface area contributed by atoms with Crippen molar-refractivity contribution in [1.82, 2.24) is 10.6 Å². The number of amides is 1. The number of likely N-dealkylation sites (N-methyl/N-ethyl adjacent to an activating group) is 1. The second-order valence-electron chi connectivity index (χ2n) is 5.86. The Labute approximate surface area is 115 Å². The summed E-state index contributed by atoms with van der Waals surface area (Å²) in [6, 6.07) is 6.77. The molecule has 0 saturated heterocycles. The number of hydrogen-bond donors (Lipinski definition) is 2. The van der Waals surface area contributed by atoms with E-state index in [4.69, 9.17) is 0 Å². The van der Waals surface area contributed by atoms with Gasteiger partial charge in [0.15, 0.2) is 0 Å². The van der Waals surface area contributed by atoms with Gasteiger partial charge in [-0.1, -0.05) is 29.3 Å². The molecular formula is C16H24N2O. The van der Waals surface area contributed by atoms with Crippen molar-refractivity contribution >= 4 is 5.91 Å². The summed E-state index contributed by atoms with van der Waals surface area (Å²) in [6.45, 7) is 6.93. The molecule has 1 amide bonds. The molecule has 3 heteroatoms. The molecule has 1 unspecified atom stereocenters. The first-order valence-corrected chi connectivity index (χ1v) is 7.02. The molecule has 1 aliphatic carbocycles. The molecule has 2 N–H and O–H groups in total. The Morgan fingerprint density at radius 1 is 1.26 bits per heavy atom. The molecule has 1 aromatic carbocycles. The van der Waals surface area contributed by atoms with E-state index in [0.29, 0.717) is 12.6 Å². The van der Waals surface area contributed by atoms with Gasteiger partial charge in [-0.05, 0) is 46.2 Å². The summed E-state index contributed by atoms with van der Waals surface area (Å²) in [6.07, 6.45) is 1.94. The molecule has 104 valence electrons. The zero-order valence-corrected chi connectivity index (χ0v) is 12.3. The van der Waals surface area contributed by atoms with Crippen molar-refractivity contribution in [2.45, 2.75) is 45.1 Å². The molecule has 3 nitrogen and oxygen atoms in total. The van der Waals surface area contributed by atoms with Crippen LogP contribution >= 0.6 is 0 Å². The molecule has 0 aliphatic heterocycles. The van der Waals surface area contributed by atoms with Crippen LogP contribution in [0.2, 0.25) is 0 Å². The number of carbonyl (C=O) groups excluding carboxylic acids is 1. The van der Waals surface area contributed by atoms with Crippen molar-refractivity contribution in [1.29, 1.82) is 0 Å². The van der Waals surface area contributed by atoms with Gasteiger partial charge in [0.2, 0.25) is 5.91 Å². The second-order valence-corrected chi connectivity index (χ2v) is 5.86. The normalized spacial score (nSPS) is 17.9. The van der Waals surface area contributed by atoms with Gasteiger partial charge in [-0.25, -0.2) is 0 Å². The Morgan fingerprint density at radius 2 is 1.84 bits per heavy atom. The molecule has 0 aromatic heterocycles. The lowest BCUT2D eigenvalue weighted by atomic mass is 9.92. The minimum Gasteiger partial charge on any atom is -0.354 e. The van der Waals surface area contributed by atoms with Crippen LogP contribution in [0.5, 0.6) is 0 Å². The largest absolute Gasteiger partial charge is 0.354 e. The molecule has 1 aliphatic rings. The third-order valence-corrected chi connectivity index (χ3v) is 4.02. The van der Waals surface area contributed by atoms with Crippen molar-refractivity contribution in [3.05, 3.63) is 34.9 Å². The van der Waals surface area contributed by atoms with Gasteiger partial charge < -0.3 is 10.6 Å². The van der Waals surface area contributed by atoms with Gasteiger partial charge in [0.1, 0.15) is 0 Å². The molecular weight excluding hydrogens is 236 g/mol. The molecule has 0 heterocycles. The second kappa shape index (κ2) is 5.33. The summed E-state index contributed by atoms with van der Waals surface area (Å²) in [4.78, 5) is 12.4. The molecule has 0 spiro atoms. The van der Waals surface area contributed by atoms with E-state index in [2.05, 4.69) is 49.6 Å². The number of nitrogens with one attached hydrogen (secondary N) is 2. The Bertz CT molecular complexity index is 457. The molecule has 1 aromatic rings. The van der Waals surface area contributed by atoms with Crippen molar-refractivity contribution in [3.8, 4) is 0 Å². The first-order valence-electron chi connectivity index (χ1n) is 7.02. The fourth-order valence-corrected chi connectivity index (χ4v) is 2.54. The summed E-state index contributed by atoms with van der Waals surface area (Å²) >= 11 is 0. The van der Waals surface area contributed by atoms with Crippen LogP contribution in [0, 0.1) is 13.8 Å². The van der Waals surface area contributed by atoms with Crippen LogP contribution in [0.3, 0.4) is 0 Å². The van der Waals surface area contributed by atoms with Gasteiger partial charge in [-0.15, -0.1) is 0 Å². The topological polar surface area (TPSA) is 41.1 Å². The number of hydrogen-bond acceptors (Lipinski definition) is 2. The van der Waals surface area contributed by atoms with Gasteiger partial charge in [0.05, 0.1) is 5.41 Å². The highest BCUT2D eigenvalue weighted by molar-refractivity contribution is 5.91. The maximum Gasteiger partial charge on any atom is 0.230 e. The predicted octanol–water partition coefficient (Wildman–Crippen LogP) is 2.06. The van der Waals surface area contributed by atoms with Crippen LogP contribution < -0.4 is 10.6 Å². The highest BCUT2D eigenvalue weighted by atomic mass is 16.2. The summed E-state index contributed by atoms with van der Waals surface area (Å²) in [5.74, 6) is 0.180. The van der Waals surface area contributed by atoms with Crippen LogP contribution in [0.25, 0.3) is 0 Å². The maximum atomic E-state index is 12.4. The first kappa shape index (κ1) is 14.1. The van der Waals surface area contributed by atoms with Crippen LogP contribution in [-0.2, 0) is 10.2 Å². The van der Waals surface area contributed by atoms with Gasteiger partial charge in [-0.3, -0.25) is 4.79 Å². The molecule has 0 bridgehead atoms. The fourth-order valence-electron chi connectivity index (χ4n) is 2.54. The van der Waals surface area contributed by atoms with E-state index in [1.54, 1.807) is 0 Å². The minimum absolute atomic E-state index is 0.180. The van der Waals surface area contributed by atoms with E-state index in [-0.39, 0.29) is 11.3 Å². The van der Waals surface area contributed by atoms with E-state index in [1.165, 1.54) is 16.7 Å². The highest BCUT2D eigenvalue weighted by Crippen LogP contribution is 2.48. The number of benzene rings is 1. The number of carbonyl (C=O) groups is 1. The summed E-state index contributed by atoms with van der Waals surface area (Å²) in [5, 5.41) is 6.21. The number of aryl methyl sites for hydroxylation is 2. The maximum absolute atomic E-state index is 12.4. The molecule has 1 fully saturated rings. The fraction of sp³-hybridized carbons (Fsp3) is 0.562. The average Bonchev–Trinajstić information content (AvgIpc) is 3.15. The zero-order valence-electron chi connectivity index (χ0n) is 12.3. The third-order valence-electron chi connectivity index (χ3n) is 4.02. The average molecular weight is 260 g/mol. The lowest BCUT2D eigenvalue weighted by Crippen LogP contribution is -2.42. The quantitative estimate of drug-likeness (QED) is 0.851. The van der Waals surface area contributed by atoms with Crippen LogP contribution in [0.4, 0.5) is 0 Å². The number of rotatable bonds is 5. The van der Waals surface area contributed by atoms with Gasteiger partial charge >= 0.3 is 0 Å². The Kier molecular flexibility index (Phi) is 3.95. The molecule has 1 saturated carbocycles. The van der Waals surface area contributed by atoms with Crippen molar-refractivity contribution in [3.63, 3.8) is 0 Å². The van der Waals surface area contributed by atoms with Crippen molar-refractivity contribution in [2.24, 2.45) is 0 Å². The molecule has 2 rings (SSSR count). The Hall–Kier alpha value is -1.35. The van der Waals surface area contributed by atoms with E-state index in [9.17, 15) is 4.79 Å². The van der Waals surface area contributed by atoms with Crippen molar-refractivity contribution in [2.75, 3.05) is 13.6 Å². The van der Waals surface area contributed by atoms with Crippen LogP contribution in [0.15, 0.2) is 18.2 Å². The predicted molar refractivity (Wildman–Crippen MR) is 78.4 cm³/mol. The zero-order chi connectivity index (χ0) is 14.0. The smallest absolute Gasteiger partial charge is 0.230 e. The SMILES string of the molecule is CNC(C)CNC(=O)C1(c2cc(C)cc(C)c2)CC1. The van der Waals surface area contributed by atoms with Crippen LogP contribution in [0.1, 0.15) is 36.5 Å². The molecule has 0 radical (unpaired) electrons. The van der Waals surface area contributed by atoms with Crippen molar-refractivity contribution < 1.29 is 4.79 Å². The van der Waals surface area contributed by atoms with E-state index in [0.717, 1.165) is 12.8 Å². The van der Waals surface area contributed by atoms with Crippen LogP contribution in [-0.4, -0.2) is 25.5 Å². The summed E-state index contributed by atoms with van der Waals surface area (Å²) in [5.41, 5.74) is 3.39. The molecule has 19 heavy (non-hydrogen) atoms. The summed E-state index contributed by atoms with van der Waals surface area (Å²) in [7, 11) is 1.91. The monoisotopic (exact) mass is 260 g/mol. The van der Waals surface area contributed by atoms with Gasteiger partial charge in [0, 0.05) is 12.6 Å². The standard InChI is InChI=1S/C16H24N2O/c1-11-7-12(2)9-14(8-11)16(5-6-16)15(19)18-10-13(3)17-4/h7-9,13,17H,5-6,10H2,1-4H3,(H,18,19).